The number of aromatic hydroxyl groups is 1. The molecule has 1 aliphatic rings. The van der Waals surface area contributed by atoms with Crippen LogP contribution in [0.3, 0.4) is 0 Å². The largest absolute Gasteiger partial charge is 0.512 e. The number of phenolic OH excluding ortho intramolecular Hbond substituents is 1. The van der Waals surface area contributed by atoms with Gasteiger partial charge in [0, 0.05) is 6.42 Å². The van der Waals surface area contributed by atoms with Gasteiger partial charge in [-0.25, -0.2) is 0 Å². The predicted octanol–water partition coefficient (Wildman–Crippen LogP) is 4.78. The molecule has 0 saturated heterocycles. The van der Waals surface area contributed by atoms with Crippen LogP contribution in [0, 0.1) is 0 Å². The summed E-state index contributed by atoms with van der Waals surface area (Å²) >= 11 is 0. The highest BCUT2D eigenvalue weighted by atomic mass is 16.3. The lowest BCUT2D eigenvalue weighted by atomic mass is 9.78. The average molecular weight is 270 g/mol. The van der Waals surface area contributed by atoms with Crippen molar-refractivity contribution in [3.8, 4) is 5.75 Å². The predicted molar refractivity (Wildman–Crippen MR) is 82.9 cm³/mol. The zero-order valence-corrected chi connectivity index (χ0v) is 12.1. The van der Waals surface area contributed by atoms with Crippen molar-refractivity contribution in [2.24, 2.45) is 0 Å². The van der Waals surface area contributed by atoms with E-state index in [1.165, 1.54) is 11.1 Å². The smallest absolute Gasteiger partial charge is 0.115 e. The van der Waals surface area contributed by atoms with Crippen molar-refractivity contribution in [3.63, 3.8) is 0 Å². The van der Waals surface area contributed by atoms with E-state index in [-0.39, 0.29) is 5.41 Å². The minimum atomic E-state index is -0.00394. The molecule has 0 heterocycles. The molecule has 0 atom stereocenters. The third kappa shape index (κ3) is 3.77. The minimum absolute atomic E-state index is 0.00394. The topological polar surface area (TPSA) is 40.5 Å². The molecule has 0 saturated carbocycles. The standard InChI is InChI=1S/C18H22O2/c1-18(2,15-8-11-17(20)12-9-15)13-14-5-3-4-6-16(19)10-7-14/h3-4,7-12,19-20H,5-6,13H2,1-2H3/b4-3?,14-7+,16-10+. The zero-order valence-electron chi connectivity index (χ0n) is 12.1. The van der Waals surface area contributed by atoms with Gasteiger partial charge in [-0.3, -0.25) is 0 Å². The van der Waals surface area contributed by atoms with Crippen molar-refractivity contribution in [2.75, 3.05) is 0 Å². The van der Waals surface area contributed by atoms with Gasteiger partial charge in [0.15, 0.2) is 0 Å². The Morgan fingerprint density at radius 2 is 1.60 bits per heavy atom. The minimum Gasteiger partial charge on any atom is -0.512 e. The molecular weight excluding hydrogens is 248 g/mol. The van der Waals surface area contributed by atoms with Crippen LogP contribution in [0.15, 0.2) is 59.9 Å². The maximum Gasteiger partial charge on any atom is 0.115 e. The summed E-state index contributed by atoms with van der Waals surface area (Å²) < 4.78 is 0. The van der Waals surface area contributed by atoms with Crippen LogP contribution in [0.2, 0.25) is 0 Å². The molecule has 0 aliphatic heterocycles. The van der Waals surface area contributed by atoms with Gasteiger partial charge in [-0.15, -0.1) is 0 Å². The fourth-order valence-electron chi connectivity index (χ4n) is 2.50. The summed E-state index contributed by atoms with van der Waals surface area (Å²) in [4.78, 5) is 0. The van der Waals surface area contributed by atoms with Crippen LogP contribution in [0.25, 0.3) is 0 Å². The van der Waals surface area contributed by atoms with Gasteiger partial charge in [-0.2, -0.15) is 0 Å². The SMILES string of the molecule is CC(C)(C/C1=C/C=C(/O)CC=CC1)c1ccc(O)cc1. The summed E-state index contributed by atoms with van der Waals surface area (Å²) in [6.07, 6.45) is 10.4. The first kappa shape index (κ1) is 14.4. The fourth-order valence-corrected chi connectivity index (χ4v) is 2.50. The molecule has 1 aliphatic carbocycles. The number of allylic oxidation sites excluding steroid dienone is 5. The molecule has 0 unspecified atom stereocenters. The van der Waals surface area contributed by atoms with Crippen molar-refractivity contribution in [3.05, 3.63) is 65.5 Å². The lowest BCUT2D eigenvalue weighted by Crippen LogP contribution is -2.18. The number of hydrogen-bond donors (Lipinski definition) is 2. The Kier molecular flexibility index (Phi) is 4.33. The number of aliphatic hydroxyl groups is 1. The normalized spacial score (nSPS) is 21.3. The fraction of sp³-hybridized carbons (Fsp3) is 0.333. The van der Waals surface area contributed by atoms with Gasteiger partial charge in [0.05, 0.1) is 5.76 Å². The zero-order chi connectivity index (χ0) is 14.6. The van der Waals surface area contributed by atoms with Crippen LogP contribution in [-0.2, 0) is 5.41 Å². The van der Waals surface area contributed by atoms with E-state index in [2.05, 4.69) is 19.9 Å². The molecule has 0 bridgehead atoms. The lowest BCUT2D eigenvalue weighted by Gasteiger charge is -2.27. The van der Waals surface area contributed by atoms with Crippen LogP contribution in [-0.4, -0.2) is 10.2 Å². The van der Waals surface area contributed by atoms with E-state index in [1.807, 2.05) is 24.3 Å². The van der Waals surface area contributed by atoms with Gasteiger partial charge in [-0.1, -0.05) is 49.8 Å². The molecule has 0 aromatic heterocycles. The van der Waals surface area contributed by atoms with E-state index in [9.17, 15) is 10.2 Å². The lowest BCUT2D eigenvalue weighted by molar-refractivity contribution is 0.401. The number of benzene rings is 1. The van der Waals surface area contributed by atoms with Crippen LogP contribution >= 0.6 is 0 Å². The van der Waals surface area contributed by atoms with Crippen LogP contribution in [0.5, 0.6) is 5.75 Å². The van der Waals surface area contributed by atoms with E-state index in [4.69, 9.17) is 0 Å². The Labute approximate surface area is 120 Å². The van der Waals surface area contributed by atoms with Crippen molar-refractivity contribution in [2.45, 2.75) is 38.5 Å². The molecule has 0 spiro atoms. The van der Waals surface area contributed by atoms with Crippen LogP contribution in [0.4, 0.5) is 0 Å². The maximum absolute atomic E-state index is 9.62. The first-order chi connectivity index (χ1) is 9.47. The molecule has 2 nitrogen and oxygen atoms in total. The van der Waals surface area contributed by atoms with Crippen molar-refractivity contribution in [1.82, 2.24) is 0 Å². The van der Waals surface area contributed by atoms with Gasteiger partial charge >= 0.3 is 0 Å². The quantitative estimate of drug-likeness (QED) is 0.776. The Morgan fingerprint density at radius 1 is 0.950 bits per heavy atom. The maximum atomic E-state index is 9.62. The van der Waals surface area contributed by atoms with E-state index in [1.54, 1.807) is 18.2 Å². The highest BCUT2D eigenvalue weighted by Crippen LogP contribution is 2.32. The summed E-state index contributed by atoms with van der Waals surface area (Å²) in [6, 6.07) is 7.41. The number of aliphatic hydroxyl groups excluding tert-OH is 1. The molecule has 2 rings (SSSR count). The summed E-state index contributed by atoms with van der Waals surface area (Å²) in [6.45, 7) is 4.40. The Morgan fingerprint density at radius 3 is 2.30 bits per heavy atom. The molecule has 0 fully saturated rings. The van der Waals surface area contributed by atoms with Crippen molar-refractivity contribution < 1.29 is 10.2 Å². The van der Waals surface area contributed by atoms with Crippen molar-refractivity contribution >= 4 is 0 Å². The summed E-state index contributed by atoms with van der Waals surface area (Å²) in [5.74, 6) is 0.700. The summed E-state index contributed by atoms with van der Waals surface area (Å²) in [5.41, 5.74) is 2.50. The van der Waals surface area contributed by atoms with E-state index in [0.29, 0.717) is 17.9 Å². The van der Waals surface area contributed by atoms with E-state index < -0.39 is 0 Å². The molecule has 1 aromatic rings. The third-order valence-corrected chi connectivity index (χ3v) is 3.70. The van der Waals surface area contributed by atoms with Gasteiger partial charge in [0.2, 0.25) is 0 Å². The third-order valence-electron chi connectivity index (χ3n) is 3.70. The summed E-state index contributed by atoms with van der Waals surface area (Å²) in [5, 5.41) is 19.0. The van der Waals surface area contributed by atoms with Crippen LogP contribution < -0.4 is 0 Å². The first-order valence-corrected chi connectivity index (χ1v) is 6.99. The average Bonchev–Trinajstić information content (AvgIpc) is 2.38. The second-order valence-corrected chi connectivity index (χ2v) is 5.97. The number of hydrogen-bond acceptors (Lipinski definition) is 2. The van der Waals surface area contributed by atoms with Gasteiger partial charge in [0.1, 0.15) is 5.75 Å². The Balaban J connectivity index is 2.18. The molecular formula is C18H22O2. The van der Waals surface area contributed by atoms with Crippen molar-refractivity contribution in [1.29, 1.82) is 0 Å². The van der Waals surface area contributed by atoms with E-state index in [0.717, 1.165) is 12.8 Å². The highest BCUT2D eigenvalue weighted by molar-refractivity contribution is 5.33. The second kappa shape index (κ2) is 6.00. The van der Waals surface area contributed by atoms with Crippen LogP contribution in [0.1, 0.15) is 38.7 Å². The van der Waals surface area contributed by atoms with Gasteiger partial charge in [0.25, 0.3) is 0 Å². The number of phenols is 1. The molecule has 20 heavy (non-hydrogen) atoms. The second-order valence-electron chi connectivity index (χ2n) is 5.97. The number of rotatable bonds is 3. The molecule has 106 valence electrons. The molecule has 0 amide bonds. The summed E-state index contributed by atoms with van der Waals surface area (Å²) in [7, 11) is 0. The highest BCUT2D eigenvalue weighted by Gasteiger charge is 2.21. The molecule has 2 heteroatoms. The van der Waals surface area contributed by atoms with Gasteiger partial charge < -0.3 is 10.2 Å². The van der Waals surface area contributed by atoms with E-state index >= 15 is 0 Å². The monoisotopic (exact) mass is 270 g/mol. The van der Waals surface area contributed by atoms with Gasteiger partial charge in [-0.05, 0) is 42.0 Å². The first-order valence-electron chi connectivity index (χ1n) is 6.99. The molecule has 0 radical (unpaired) electrons. The molecule has 1 aromatic carbocycles. The molecule has 2 N–H and O–H groups in total. The Hall–Kier alpha value is -1.96. The Bertz CT molecular complexity index is 545.